The van der Waals surface area contributed by atoms with E-state index in [1.165, 1.54) is 12.3 Å². The SMILES string of the molecule is C=CCOc1cc(F)c(F)cc1C(O)c1ccccn1. The lowest BCUT2D eigenvalue weighted by Crippen LogP contribution is -2.07. The lowest BCUT2D eigenvalue weighted by Gasteiger charge is -2.15. The first-order valence-electron chi connectivity index (χ1n) is 5.95. The maximum atomic E-state index is 13.4. The Morgan fingerprint density at radius 2 is 2.05 bits per heavy atom. The van der Waals surface area contributed by atoms with Crippen LogP contribution in [0.15, 0.2) is 49.2 Å². The van der Waals surface area contributed by atoms with Gasteiger partial charge in [0.05, 0.1) is 5.69 Å². The average molecular weight is 277 g/mol. The summed E-state index contributed by atoms with van der Waals surface area (Å²) in [5, 5.41) is 10.2. The third kappa shape index (κ3) is 3.00. The Labute approximate surface area is 115 Å². The van der Waals surface area contributed by atoms with Crippen molar-refractivity contribution < 1.29 is 18.6 Å². The van der Waals surface area contributed by atoms with Crippen molar-refractivity contribution in [2.75, 3.05) is 6.61 Å². The number of benzene rings is 1. The van der Waals surface area contributed by atoms with Gasteiger partial charge in [0.25, 0.3) is 0 Å². The molecule has 1 heterocycles. The van der Waals surface area contributed by atoms with Gasteiger partial charge in [-0.2, -0.15) is 0 Å². The summed E-state index contributed by atoms with van der Waals surface area (Å²) in [5.41, 5.74) is 0.436. The monoisotopic (exact) mass is 277 g/mol. The van der Waals surface area contributed by atoms with Crippen LogP contribution in [-0.4, -0.2) is 16.7 Å². The zero-order valence-electron chi connectivity index (χ0n) is 10.6. The molecule has 0 saturated heterocycles. The van der Waals surface area contributed by atoms with Gasteiger partial charge in [-0.3, -0.25) is 4.98 Å². The van der Waals surface area contributed by atoms with Crippen molar-refractivity contribution in [1.82, 2.24) is 4.98 Å². The number of ether oxygens (including phenoxy) is 1. The molecule has 1 atom stereocenters. The lowest BCUT2D eigenvalue weighted by atomic mass is 10.0. The highest BCUT2D eigenvalue weighted by Gasteiger charge is 2.20. The lowest BCUT2D eigenvalue weighted by molar-refractivity contribution is 0.207. The molecule has 0 bridgehead atoms. The van der Waals surface area contributed by atoms with Gasteiger partial charge in [0.1, 0.15) is 18.5 Å². The summed E-state index contributed by atoms with van der Waals surface area (Å²) >= 11 is 0. The van der Waals surface area contributed by atoms with E-state index in [9.17, 15) is 13.9 Å². The highest BCUT2D eigenvalue weighted by atomic mass is 19.2. The molecule has 5 heteroatoms. The van der Waals surface area contributed by atoms with E-state index in [2.05, 4.69) is 11.6 Å². The minimum atomic E-state index is -1.20. The smallest absolute Gasteiger partial charge is 0.162 e. The molecule has 1 unspecified atom stereocenters. The second-order valence-corrected chi connectivity index (χ2v) is 4.06. The van der Waals surface area contributed by atoms with Gasteiger partial charge in [0.2, 0.25) is 0 Å². The maximum absolute atomic E-state index is 13.4. The number of aromatic nitrogens is 1. The van der Waals surface area contributed by atoms with Crippen LogP contribution in [0, 0.1) is 11.6 Å². The Kier molecular flexibility index (Phi) is 4.42. The van der Waals surface area contributed by atoms with Crippen LogP contribution in [0.25, 0.3) is 0 Å². The predicted molar refractivity (Wildman–Crippen MR) is 70.3 cm³/mol. The van der Waals surface area contributed by atoms with Gasteiger partial charge in [0, 0.05) is 17.8 Å². The van der Waals surface area contributed by atoms with E-state index < -0.39 is 17.7 Å². The minimum Gasteiger partial charge on any atom is -0.489 e. The van der Waals surface area contributed by atoms with Crippen molar-refractivity contribution in [3.63, 3.8) is 0 Å². The fraction of sp³-hybridized carbons (Fsp3) is 0.133. The van der Waals surface area contributed by atoms with Crippen LogP contribution in [0.5, 0.6) is 5.75 Å². The van der Waals surface area contributed by atoms with E-state index >= 15 is 0 Å². The Morgan fingerprint density at radius 1 is 1.30 bits per heavy atom. The van der Waals surface area contributed by atoms with Crippen molar-refractivity contribution in [3.8, 4) is 5.75 Å². The Balaban J connectivity index is 2.43. The van der Waals surface area contributed by atoms with Gasteiger partial charge in [-0.15, -0.1) is 0 Å². The molecule has 0 aliphatic rings. The van der Waals surface area contributed by atoms with Crippen molar-refractivity contribution >= 4 is 0 Å². The quantitative estimate of drug-likeness (QED) is 0.854. The van der Waals surface area contributed by atoms with Gasteiger partial charge in [0.15, 0.2) is 11.6 Å². The number of pyridine rings is 1. The van der Waals surface area contributed by atoms with Gasteiger partial charge in [-0.05, 0) is 18.2 Å². The molecular weight excluding hydrogens is 264 g/mol. The van der Waals surface area contributed by atoms with Crippen LogP contribution in [0.2, 0.25) is 0 Å². The number of rotatable bonds is 5. The van der Waals surface area contributed by atoms with E-state index in [-0.39, 0.29) is 17.9 Å². The average Bonchev–Trinajstić information content (AvgIpc) is 2.48. The van der Waals surface area contributed by atoms with E-state index in [4.69, 9.17) is 4.74 Å². The van der Waals surface area contributed by atoms with E-state index in [1.807, 2.05) is 0 Å². The topological polar surface area (TPSA) is 42.4 Å². The molecule has 1 aromatic carbocycles. The van der Waals surface area contributed by atoms with Gasteiger partial charge < -0.3 is 9.84 Å². The van der Waals surface area contributed by atoms with Gasteiger partial charge >= 0.3 is 0 Å². The minimum absolute atomic E-state index is 0.0574. The third-order valence-electron chi connectivity index (χ3n) is 2.67. The van der Waals surface area contributed by atoms with Crippen LogP contribution in [0.1, 0.15) is 17.4 Å². The van der Waals surface area contributed by atoms with Crippen LogP contribution < -0.4 is 4.74 Å². The largest absolute Gasteiger partial charge is 0.489 e. The van der Waals surface area contributed by atoms with Crippen LogP contribution in [0.3, 0.4) is 0 Å². The first-order chi connectivity index (χ1) is 9.63. The fourth-order valence-electron chi connectivity index (χ4n) is 1.73. The maximum Gasteiger partial charge on any atom is 0.162 e. The van der Waals surface area contributed by atoms with Crippen LogP contribution >= 0.6 is 0 Å². The zero-order valence-corrected chi connectivity index (χ0v) is 10.6. The Morgan fingerprint density at radius 3 is 2.70 bits per heavy atom. The summed E-state index contributed by atoms with van der Waals surface area (Å²) in [7, 11) is 0. The van der Waals surface area contributed by atoms with Crippen LogP contribution in [-0.2, 0) is 0 Å². The molecule has 2 rings (SSSR count). The highest BCUT2D eigenvalue weighted by molar-refractivity contribution is 5.40. The van der Waals surface area contributed by atoms with Gasteiger partial charge in [-0.1, -0.05) is 18.7 Å². The van der Waals surface area contributed by atoms with Gasteiger partial charge in [-0.25, -0.2) is 8.78 Å². The van der Waals surface area contributed by atoms with Crippen molar-refractivity contribution in [1.29, 1.82) is 0 Å². The summed E-state index contributed by atoms with van der Waals surface area (Å²) < 4.78 is 31.9. The van der Waals surface area contributed by atoms with E-state index in [1.54, 1.807) is 18.2 Å². The first-order valence-corrected chi connectivity index (χ1v) is 5.95. The fourth-order valence-corrected chi connectivity index (χ4v) is 1.73. The molecule has 0 saturated carbocycles. The molecule has 0 radical (unpaired) electrons. The Bertz CT molecular complexity index is 602. The second kappa shape index (κ2) is 6.25. The van der Waals surface area contributed by atoms with E-state index in [0.717, 1.165) is 12.1 Å². The van der Waals surface area contributed by atoms with Crippen molar-refractivity contribution in [2.45, 2.75) is 6.10 Å². The highest BCUT2D eigenvalue weighted by Crippen LogP contribution is 2.31. The number of hydrogen-bond donors (Lipinski definition) is 1. The second-order valence-electron chi connectivity index (χ2n) is 4.06. The van der Waals surface area contributed by atoms with E-state index in [0.29, 0.717) is 5.69 Å². The number of aliphatic hydroxyl groups excluding tert-OH is 1. The summed E-state index contributed by atoms with van der Waals surface area (Å²) in [6.45, 7) is 3.60. The standard InChI is InChI=1S/C15H13F2NO2/c1-2-7-20-14-9-12(17)11(16)8-10(14)15(19)13-5-3-4-6-18-13/h2-6,8-9,15,19H,1,7H2. The molecule has 104 valence electrons. The first kappa shape index (κ1) is 14.1. The normalized spacial score (nSPS) is 11.9. The number of nitrogens with zero attached hydrogens (tertiary/aromatic N) is 1. The molecule has 0 aliphatic carbocycles. The molecule has 0 aliphatic heterocycles. The zero-order chi connectivity index (χ0) is 14.5. The molecule has 0 spiro atoms. The predicted octanol–water partition coefficient (Wildman–Crippen LogP) is 3.01. The van der Waals surface area contributed by atoms with Crippen LogP contribution in [0.4, 0.5) is 8.78 Å². The summed E-state index contributed by atoms with van der Waals surface area (Å²) in [4.78, 5) is 3.99. The molecular formula is C15H13F2NO2. The third-order valence-corrected chi connectivity index (χ3v) is 2.67. The molecule has 0 amide bonds. The molecule has 0 fully saturated rings. The molecule has 20 heavy (non-hydrogen) atoms. The molecule has 1 aromatic heterocycles. The molecule has 3 nitrogen and oxygen atoms in total. The number of halogens is 2. The number of hydrogen-bond acceptors (Lipinski definition) is 3. The summed E-state index contributed by atoms with van der Waals surface area (Å²) in [6.07, 6.45) is 1.77. The van der Waals surface area contributed by atoms with Crippen molar-refractivity contribution in [2.24, 2.45) is 0 Å². The Hall–Kier alpha value is -2.27. The molecule has 2 aromatic rings. The summed E-state index contributed by atoms with van der Waals surface area (Å²) in [5.74, 6) is -2.04. The number of aliphatic hydroxyl groups is 1. The van der Waals surface area contributed by atoms with Crippen molar-refractivity contribution in [3.05, 3.63) is 72.1 Å². The summed E-state index contributed by atoms with van der Waals surface area (Å²) in [6, 6.07) is 6.78. The molecule has 1 N–H and O–H groups in total.